The van der Waals surface area contributed by atoms with Gasteiger partial charge in [-0.2, -0.15) is 11.8 Å². The molecule has 1 saturated heterocycles. The van der Waals surface area contributed by atoms with Gasteiger partial charge in [0.15, 0.2) is 0 Å². The Morgan fingerprint density at radius 1 is 1.69 bits per heavy atom. The monoisotopic (exact) mass is 204 g/mol. The lowest BCUT2D eigenvalue weighted by atomic mass is 10.2. The van der Waals surface area contributed by atoms with Crippen molar-refractivity contribution >= 4 is 17.7 Å². The van der Waals surface area contributed by atoms with E-state index < -0.39 is 6.10 Å². The number of carbonyl (C=O) groups is 1. The van der Waals surface area contributed by atoms with Crippen LogP contribution in [0.4, 0.5) is 0 Å². The predicted molar refractivity (Wildman–Crippen MR) is 53.8 cm³/mol. The summed E-state index contributed by atoms with van der Waals surface area (Å²) in [5.41, 5.74) is 0. The van der Waals surface area contributed by atoms with Crippen LogP contribution < -0.4 is 5.32 Å². The summed E-state index contributed by atoms with van der Waals surface area (Å²) in [4.78, 5) is 13.1. The number of likely N-dealkylation sites (N-methyl/N-ethyl adjacent to an activating group) is 1. The lowest BCUT2D eigenvalue weighted by Gasteiger charge is -2.26. The Balaban J connectivity index is 2.45. The van der Waals surface area contributed by atoms with Crippen molar-refractivity contribution in [3.05, 3.63) is 0 Å². The van der Waals surface area contributed by atoms with Gasteiger partial charge in [-0.3, -0.25) is 4.79 Å². The number of aliphatic hydroxyl groups excluding tert-OH is 1. The molecule has 0 aliphatic carbocycles. The summed E-state index contributed by atoms with van der Waals surface area (Å²) < 4.78 is 0. The number of nitrogens with one attached hydrogen (secondary N) is 1. The third-order valence-corrected chi connectivity index (χ3v) is 2.85. The molecule has 1 amide bonds. The molecule has 0 spiro atoms. The maximum Gasteiger partial charge on any atom is 0.232 e. The second-order valence-electron chi connectivity index (χ2n) is 3.23. The zero-order valence-electron chi connectivity index (χ0n) is 7.99. The van der Waals surface area contributed by atoms with E-state index in [-0.39, 0.29) is 11.9 Å². The third kappa shape index (κ3) is 2.59. The zero-order chi connectivity index (χ0) is 9.84. The van der Waals surface area contributed by atoms with E-state index >= 15 is 0 Å². The van der Waals surface area contributed by atoms with Crippen molar-refractivity contribution in [1.82, 2.24) is 10.2 Å². The minimum absolute atomic E-state index is 0.0559. The summed E-state index contributed by atoms with van der Waals surface area (Å²) in [6.45, 7) is 1.28. The Hall–Kier alpha value is -0.260. The van der Waals surface area contributed by atoms with Gasteiger partial charge in [-0.15, -0.1) is 0 Å². The van der Waals surface area contributed by atoms with Crippen molar-refractivity contribution in [3.63, 3.8) is 0 Å². The van der Waals surface area contributed by atoms with Crippen LogP contribution >= 0.6 is 11.8 Å². The fourth-order valence-electron chi connectivity index (χ4n) is 1.46. The second-order valence-corrected chi connectivity index (χ2v) is 4.10. The highest BCUT2D eigenvalue weighted by atomic mass is 32.2. The number of nitrogens with zero attached hydrogens (tertiary/aromatic N) is 1. The van der Waals surface area contributed by atoms with Crippen LogP contribution in [0.25, 0.3) is 0 Å². The molecule has 0 saturated carbocycles. The predicted octanol–water partition coefficient (Wildman–Crippen LogP) is -0.859. The van der Waals surface area contributed by atoms with E-state index in [1.807, 2.05) is 6.26 Å². The number of aliphatic hydroxyl groups is 1. The quantitative estimate of drug-likeness (QED) is 0.628. The Kier molecular flexibility index (Phi) is 4.02. The molecule has 1 fully saturated rings. The SMILES string of the molecule is CSCC(=O)N(C)[C@@H]1CNC[C@H]1O. The highest BCUT2D eigenvalue weighted by molar-refractivity contribution is 7.99. The highest BCUT2D eigenvalue weighted by Crippen LogP contribution is 2.08. The fraction of sp³-hybridized carbons (Fsp3) is 0.875. The number of hydrogen-bond acceptors (Lipinski definition) is 4. The van der Waals surface area contributed by atoms with Gasteiger partial charge in [0.1, 0.15) is 0 Å². The van der Waals surface area contributed by atoms with Crippen LogP contribution in [-0.2, 0) is 4.79 Å². The Morgan fingerprint density at radius 3 is 2.85 bits per heavy atom. The molecule has 0 unspecified atom stereocenters. The fourth-order valence-corrected chi connectivity index (χ4v) is 1.91. The Morgan fingerprint density at radius 2 is 2.38 bits per heavy atom. The Labute approximate surface area is 82.7 Å². The van der Waals surface area contributed by atoms with E-state index in [1.54, 1.807) is 11.9 Å². The van der Waals surface area contributed by atoms with Crippen LogP contribution in [0.1, 0.15) is 0 Å². The number of hydrogen-bond donors (Lipinski definition) is 2. The lowest BCUT2D eigenvalue weighted by molar-refractivity contribution is -0.130. The molecule has 13 heavy (non-hydrogen) atoms. The maximum atomic E-state index is 11.4. The largest absolute Gasteiger partial charge is 0.390 e. The average Bonchev–Trinajstić information content (AvgIpc) is 2.50. The van der Waals surface area contributed by atoms with Gasteiger partial charge in [-0.1, -0.05) is 0 Å². The smallest absolute Gasteiger partial charge is 0.232 e. The summed E-state index contributed by atoms with van der Waals surface area (Å²) in [6.07, 6.45) is 1.48. The summed E-state index contributed by atoms with van der Waals surface area (Å²) in [6, 6.07) is -0.0559. The van der Waals surface area contributed by atoms with Crippen LogP contribution in [0, 0.1) is 0 Å². The Bertz CT molecular complexity index is 189. The minimum atomic E-state index is -0.421. The van der Waals surface area contributed by atoms with Crippen LogP contribution in [0.3, 0.4) is 0 Å². The molecule has 0 radical (unpaired) electrons. The molecule has 4 nitrogen and oxygen atoms in total. The van der Waals surface area contributed by atoms with Crippen molar-refractivity contribution in [2.45, 2.75) is 12.1 Å². The van der Waals surface area contributed by atoms with Crippen LogP contribution in [0.15, 0.2) is 0 Å². The first-order chi connectivity index (χ1) is 6.16. The molecule has 0 aromatic heterocycles. The van der Waals surface area contributed by atoms with Gasteiger partial charge in [-0.25, -0.2) is 0 Å². The number of thioether (sulfide) groups is 1. The van der Waals surface area contributed by atoms with E-state index in [4.69, 9.17) is 0 Å². The van der Waals surface area contributed by atoms with Crippen LogP contribution in [-0.4, -0.2) is 60.2 Å². The van der Waals surface area contributed by atoms with E-state index in [1.165, 1.54) is 11.8 Å². The molecular weight excluding hydrogens is 188 g/mol. The number of β-amino-alcohol motifs (C(OH)–C–C–N with tert-alkyl or cyclic N) is 1. The topological polar surface area (TPSA) is 52.6 Å². The van der Waals surface area contributed by atoms with Crippen molar-refractivity contribution < 1.29 is 9.90 Å². The van der Waals surface area contributed by atoms with Crippen LogP contribution in [0.2, 0.25) is 0 Å². The summed E-state index contributed by atoms with van der Waals surface area (Å²) in [5, 5.41) is 12.6. The summed E-state index contributed by atoms with van der Waals surface area (Å²) >= 11 is 1.50. The standard InChI is InChI=1S/C8H16N2O2S/c1-10(8(12)5-13-2)6-3-9-4-7(6)11/h6-7,9,11H,3-5H2,1-2H3/t6-,7-/m1/s1. The first-order valence-electron chi connectivity index (χ1n) is 4.30. The van der Waals surface area contributed by atoms with E-state index in [9.17, 15) is 9.90 Å². The maximum absolute atomic E-state index is 11.4. The first-order valence-corrected chi connectivity index (χ1v) is 5.69. The van der Waals surface area contributed by atoms with Crippen molar-refractivity contribution in [1.29, 1.82) is 0 Å². The molecule has 5 heteroatoms. The molecular formula is C8H16N2O2S. The molecule has 1 heterocycles. The van der Waals surface area contributed by atoms with Crippen LogP contribution in [0.5, 0.6) is 0 Å². The van der Waals surface area contributed by atoms with Gasteiger partial charge in [-0.05, 0) is 6.26 Å². The van der Waals surface area contributed by atoms with Gasteiger partial charge in [0, 0.05) is 20.1 Å². The average molecular weight is 204 g/mol. The molecule has 0 aromatic rings. The van der Waals surface area contributed by atoms with Gasteiger partial charge in [0.2, 0.25) is 5.91 Å². The molecule has 1 rings (SSSR count). The molecule has 0 bridgehead atoms. The molecule has 1 aliphatic rings. The van der Waals surface area contributed by atoms with Crippen molar-refractivity contribution in [2.75, 3.05) is 32.1 Å². The molecule has 0 aromatic carbocycles. The van der Waals surface area contributed by atoms with E-state index in [0.29, 0.717) is 18.8 Å². The van der Waals surface area contributed by atoms with Crippen molar-refractivity contribution in [3.8, 4) is 0 Å². The summed E-state index contributed by atoms with van der Waals surface area (Å²) in [7, 11) is 1.75. The van der Waals surface area contributed by atoms with Crippen molar-refractivity contribution in [2.24, 2.45) is 0 Å². The molecule has 2 N–H and O–H groups in total. The third-order valence-electron chi connectivity index (χ3n) is 2.31. The normalized spacial score (nSPS) is 27.6. The second kappa shape index (κ2) is 4.83. The van der Waals surface area contributed by atoms with E-state index in [2.05, 4.69) is 5.32 Å². The van der Waals surface area contributed by atoms with E-state index in [0.717, 1.165) is 0 Å². The van der Waals surface area contributed by atoms with Gasteiger partial charge in [0.05, 0.1) is 17.9 Å². The van der Waals surface area contributed by atoms with Gasteiger partial charge >= 0.3 is 0 Å². The van der Waals surface area contributed by atoms with Gasteiger partial charge in [0.25, 0.3) is 0 Å². The molecule has 76 valence electrons. The zero-order valence-corrected chi connectivity index (χ0v) is 8.80. The lowest BCUT2D eigenvalue weighted by Crippen LogP contribution is -2.44. The first kappa shape index (κ1) is 10.8. The number of carbonyl (C=O) groups excluding carboxylic acids is 1. The number of amides is 1. The number of rotatable bonds is 3. The molecule has 1 aliphatic heterocycles. The van der Waals surface area contributed by atoms with Gasteiger partial charge < -0.3 is 15.3 Å². The summed E-state index contributed by atoms with van der Waals surface area (Å²) in [5.74, 6) is 0.569. The molecule has 2 atom stereocenters. The minimum Gasteiger partial charge on any atom is -0.390 e. The highest BCUT2D eigenvalue weighted by Gasteiger charge is 2.30.